The number of aliphatic hydroxyl groups is 1. The van der Waals surface area contributed by atoms with E-state index in [0.29, 0.717) is 6.54 Å². The van der Waals surface area contributed by atoms with Crippen molar-refractivity contribution in [2.75, 3.05) is 13.1 Å². The third-order valence-corrected chi connectivity index (χ3v) is 3.09. The number of benzene rings is 1. The molecule has 0 aliphatic rings. The van der Waals surface area contributed by atoms with Gasteiger partial charge >= 0.3 is 0 Å². The first kappa shape index (κ1) is 14.2. The van der Waals surface area contributed by atoms with Crippen molar-refractivity contribution in [3.63, 3.8) is 0 Å². The van der Waals surface area contributed by atoms with Crippen LogP contribution in [0.4, 0.5) is 0 Å². The van der Waals surface area contributed by atoms with Gasteiger partial charge in [0.25, 0.3) is 0 Å². The average molecular weight is 235 g/mol. The highest BCUT2D eigenvalue weighted by atomic mass is 16.3. The van der Waals surface area contributed by atoms with Crippen molar-refractivity contribution in [2.45, 2.75) is 46.1 Å². The van der Waals surface area contributed by atoms with Crippen molar-refractivity contribution in [3.05, 3.63) is 34.9 Å². The van der Waals surface area contributed by atoms with Gasteiger partial charge in [-0.05, 0) is 35.6 Å². The zero-order valence-electron chi connectivity index (χ0n) is 11.7. The maximum absolute atomic E-state index is 10.2. The molecule has 1 atom stereocenters. The summed E-state index contributed by atoms with van der Waals surface area (Å²) < 4.78 is 0. The number of hydrogen-bond acceptors (Lipinski definition) is 2. The molecule has 96 valence electrons. The lowest BCUT2D eigenvalue weighted by atomic mass is 9.84. The van der Waals surface area contributed by atoms with E-state index >= 15 is 0 Å². The van der Waals surface area contributed by atoms with E-state index in [1.807, 2.05) is 6.92 Å². The summed E-state index contributed by atoms with van der Waals surface area (Å²) >= 11 is 0. The van der Waals surface area contributed by atoms with E-state index in [4.69, 9.17) is 0 Å². The van der Waals surface area contributed by atoms with Gasteiger partial charge in [0.15, 0.2) is 0 Å². The van der Waals surface area contributed by atoms with E-state index < -0.39 is 6.10 Å². The molecule has 1 aromatic carbocycles. The summed E-state index contributed by atoms with van der Waals surface area (Å²) in [5, 5.41) is 13.3. The molecule has 2 nitrogen and oxygen atoms in total. The molecule has 1 aromatic rings. The molecule has 0 fully saturated rings. The van der Waals surface area contributed by atoms with E-state index in [1.54, 1.807) is 0 Å². The molecule has 2 heteroatoms. The maximum atomic E-state index is 10.2. The summed E-state index contributed by atoms with van der Waals surface area (Å²) in [5.74, 6) is 0. The van der Waals surface area contributed by atoms with Crippen LogP contribution in [0, 0.1) is 6.92 Å². The normalized spacial score (nSPS) is 13.8. The van der Waals surface area contributed by atoms with Crippen LogP contribution in [0.3, 0.4) is 0 Å². The molecule has 1 unspecified atom stereocenters. The lowest BCUT2D eigenvalue weighted by molar-refractivity contribution is 0.174. The van der Waals surface area contributed by atoms with Gasteiger partial charge in [-0.2, -0.15) is 0 Å². The maximum Gasteiger partial charge on any atom is 0.0917 e. The predicted octanol–water partition coefficient (Wildman–Crippen LogP) is 2.94. The molecular weight excluding hydrogens is 210 g/mol. The van der Waals surface area contributed by atoms with Gasteiger partial charge in [-0.3, -0.25) is 0 Å². The molecule has 0 bridgehead atoms. The largest absolute Gasteiger partial charge is 0.387 e. The summed E-state index contributed by atoms with van der Waals surface area (Å²) in [4.78, 5) is 0. The Kier molecular flexibility index (Phi) is 4.72. The highest BCUT2D eigenvalue weighted by Gasteiger charge is 2.17. The van der Waals surface area contributed by atoms with Crippen molar-refractivity contribution in [3.8, 4) is 0 Å². The van der Waals surface area contributed by atoms with E-state index in [2.05, 4.69) is 51.2 Å². The third-order valence-electron chi connectivity index (χ3n) is 3.09. The van der Waals surface area contributed by atoms with Gasteiger partial charge in [0.1, 0.15) is 0 Å². The Bertz CT molecular complexity index is 366. The van der Waals surface area contributed by atoms with Gasteiger partial charge in [-0.15, -0.1) is 0 Å². The Balaban J connectivity index is 2.98. The van der Waals surface area contributed by atoms with Gasteiger partial charge < -0.3 is 10.4 Å². The molecule has 0 heterocycles. The Hall–Kier alpha value is -0.860. The van der Waals surface area contributed by atoms with E-state index in [0.717, 1.165) is 17.7 Å². The fourth-order valence-corrected chi connectivity index (χ4v) is 1.86. The van der Waals surface area contributed by atoms with Crippen LogP contribution >= 0.6 is 0 Å². The first-order valence-electron chi connectivity index (χ1n) is 6.36. The second kappa shape index (κ2) is 5.65. The van der Waals surface area contributed by atoms with Crippen LogP contribution in [0.5, 0.6) is 0 Å². The Morgan fingerprint density at radius 3 is 2.47 bits per heavy atom. The number of hydrogen-bond donors (Lipinski definition) is 2. The standard InChI is InChI=1S/C15H25NO/c1-6-16-10-14(17)13-9-12(15(3,4)5)8-7-11(13)2/h7-9,14,16-17H,6,10H2,1-5H3. The van der Waals surface area contributed by atoms with Crippen molar-refractivity contribution in [1.82, 2.24) is 5.32 Å². The highest BCUT2D eigenvalue weighted by molar-refractivity contribution is 5.36. The second-order valence-corrected chi connectivity index (χ2v) is 5.64. The van der Waals surface area contributed by atoms with Crippen LogP contribution in [0.1, 0.15) is 50.5 Å². The van der Waals surface area contributed by atoms with Crippen LogP contribution in [-0.2, 0) is 5.41 Å². The first-order chi connectivity index (χ1) is 7.86. The van der Waals surface area contributed by atoms with Gasteiger partial charge in [0.2, 0.25) is 0 Å². The summed E-state index contributed by atoms with van der Waals surface area (Å²) in [6.45, 7) is 12.2. The summed E-state index contributed by atoms with van der Waals surface area (Å²) in [6, 6.07) is 6.39. The zero-order valence-corrected chi connectivity index (χ0v) is 11.7. The number of aliphatic hydroxyl groups excluding tert-OH is 1. The molecular formula is C15H25NO. The minimum Gasteiger partial charge on any atom is -0.387 e. The Morgan fingerprint density at radius 1 is 1.29 bits per heavy atom. The average Bonchev–Trinajstić information content (AvgIpc) is 2.24. The van der Waals surface area contributed by atoms with Crippen LogP contribution in [0.25, 0.3) is 0 Å². The topological polar surface area (TPSA) is 32.3 Å². The molecule has 0 saturated heterocycles. The molecule has 0 saturated carbocycles. The molecule has 0 radical (unpaired) electrons. The summed E-state index contributed by atoms with van der Waals surface area (Å²) in [7, 11) is 0. The first-order valence-corrected chi connectivity index (χ1v) is 6.36. The fraction of sp³-hybridized carbons (Fsp3) is 0.600. The zero-order chi connectivity index (χ0) is 13.1. The molecule has 0 aromatic heterocycles. The predicted molar refractivity (Wildman–Crippen MR) is 73.4 cm³/mol. The van der Waals surface area contributed by atoms with Gasteiger partial charge in [0.05, 0.1) is 6.10 Å². The van der Waals surface area contributed by atoms with Crippen molar-refractivity contribution in [1.29, 1.82) is 0 Å². The van der Waals surface area contributed by atoms with E-state index in [1.165, 1.54) is 5.56 Å². The summed E-state index contributed by atoms with van der Waals surface area (Å²) in [5.41, 5.74) is 3.59. The highest BCUT2D eigenvalue weighted by Crippen LogP contribution is 2.27. The van der Waals surface area contributed by atoms with Crippen LogP contribution in [0.2, 0.25) is 0 Å². The molecule has 0 spiro atoms. The quantitative estimate of drug-likeness (QED) is 0.841. The smallest absolute Gasteiger partial charge is 0.0917 e. The van der Waals surface area contributed by atoms with Gasteiger partial charge in [-0.1, -0.05) is 45.9 Å². The lowest BCUT2D eigenvalue weighted by Crippen LogP contribution is -2.22. The number of aryl methyl sites for hydroxylation is 1. The molecule has 1 rings (SSSR count). The number of rotatable bonds is 4. The van der Waals surface area contributed by atoms with Crippen LogP contribution in [0.15, 0.2) is 18.2 Å². The van der Waals surface area contributed by atoms with Crippen molar-refractivity contribution in [2.24, 2.45) is 0 Å². The molecule has 0 amide bonds. The lowest BCUT2D eigenvalue weighted by Gasteiger charge is -2.22. The Morgan fingerprint density at radius 2 is 1.94 bits per heavy atom. The second-order valence-electron chi connectivity index (χ2n) is 5.64. The van der Waals surface area contributed by atoms with Gasteiger partial charge in [0, 0.05) is 6.54 Å². The SMILES string of the molecule is CCNCC(O)c1cc(C(C)(C)C)ccc1C. The molecule has 0 aliphatic heterocycles. The van der Waals surface area contributed by atoms with E-state index in [-0.39, 0.29) is 5.41 Å². The minimum absolute atomic E-state index is 0.125. The molecule has 2 N–H and O–H groups in total. The minimum atomic E-state index is -0.419. The Labute approximate surface area is 105 Å². The number of likely N-dealkylation sites (N-methyl/N-ethyl adjacent to an activating group) is 1. The van der Waals surface area contributed by atoms with Crippen molar-refractivity contribution < 1.29 is 5.11 Å². The van der Waals surface area contributed by atoms with Crippen LogP contribution in [-0.4, -0.2) is 18.2 Å². The van der Waals surface area contributed by atoms with Crippen LogP contribution < -0.4 is 5.32 Å². The van der Waals surface area contributed by atoms with Gasteiger partial charge in [-0.25, -0.2) is 0 Å². The number of nitrogens with one attached hydrogen (secondary N) is 1. The van der Waals surface area contributed by atoms with Crippen molar-refractivity contribution >= 4 is 0 Å². The fourth-order valence-electron chi connectivity index (χ4n) is 1.86. The third kappa shape index (κ3) is 3.83. The molecule has 17 heavy (non-hydrogen) atoms. The van der Waals surface area contributed by atoms with E-state index in [9.17, 15) is 5.11 Å². The summed E-state index contributed by atoms with van der Waals surface area (Å²) in [6.07, 6.45) is -0.419. The monoisotopic (exact) mass is 235 g/mol. The molecule has 0 aliphatic carbocycles.